The summed E-state index contributed by atoms with van der Waals surface area (Å²) < 4.78 is 0. The normalized spacial score (nSPS) is 9.94. The van der Waals surface area contributed by atoms with Crippen LogP contribution in [0, 0.1) is 6.92 Å². The predicted octanol–water partition coefficient (Wildman–Crippen LogP) is 3.24. The van der Waals surface area contributed by atoms with E-state index in [-0.39, 0.29) is 5.91 Å². The van der Waals surface area contributed by atoms with E-state index >= 15 is 0 Å². The SMILES string of the molecule is C=CC(=O)Nc1nc(C)c(-c2ccccc2)s1. The van der Waals surface area contributed by atoms with Crippen LogP contribution in [0.2, 0.25) is 0 Å². The molecule has 0 aliphatic rings. The molecule has 1 amide bonds. The number of aryl methyl sites for hydroxylation is 1. The largest absolute Gasteiger partial charge is 0.298 e. The van der Waals surface area contributed by atoms with E-state index in [9.17, 15) is 4.79 Å². The molecule has 0 aliphatic heterocycles. The molecule has 0 aliphatic carbocycles. The molecule has 0 spiro atoms. The van der Waals surface area contributed by atoms with Crippen molar-refractivity contribution in [3.8, 4) is 10.4 Å². The van der Waals surface area contributed by atoms with Gasteiger partial charge in [-0.2, -0.15) is 0 Å². The molecule has 0 unspecified atom stereocenters. The summed E-state index contributed by atoms with van der Waals surface area (Å²) in [5, 5.41) is 3.28. The van der Waals surface area contributed by atoms with Gasteiger partial charge in [0, 0.05) is 0 Å². The number of benzene rings is 1. The van der Waals surface area contributed by atoms with Crippen LogP contribution in [0.1, 0.15) is 5.69 Å². The number of anilines is 1. The number of nitrogens with one attached hydrogen (secondary N) is 1. The van der Waals surface area contributed by atoms with Crippen molar-refractivity contribution in [1.82, 2.24) is 4.98 Å². The number of rotatable bonds is 3. The number of carbonyl (C=O) groups is 1. The Morgan fingerprint density at radius 2 is 2.12 bits per heavy atom. The predicted molar refractivity (Wildman–Crippen MR) is 71.1 cm³/mol. The fraction of sp³-hybridized carbons (Fsp3) is 0.0769. The Hall–Kier alpha value is -1.94. The standard InChI is InChI=1S/C13H12N2OS/c1-3-11(16)15-13-14-9(2)12(17-13)10-7-5-4-6-8-10/h3-8H,1H2,2H3,(H,14,15,16). The third kappa shape index (κ3) is 2.60. The zero-order valence-electron chi connectivity index (χ0n) is 9.43. The Morgan fingerprint density at radius 1 is 1.41 bits per heavy atom. The van der Waals surface area contributed by atoms with Crippen molar-refractivity contribution in [3.63, 3.8) is 0 Å². The van der Waals surface area contributed by atoms with E-state index in [4.69, 9.17) is 0 Å². The van der Waals surface area contributed by atoms with Gasteiger partial charge in [-0.05, 0) is 18.6 Å². The first kappa shape index (κ1) is 11.5. The third-order valence-electron chi connectivity index (χ3n) is 2.25. The first-order valence-corrected chi connectivity index (χ1v) is 5.98. The molecule has 0 saturated carbocycles. The number of aromatic nitrogens is 1. The molecule has 1 N–H and O–H groups in total. The van der Waals surface area contributed by atoms with Gasteiger partial charge in [-0.25, -0.2) is 4.98 Å². The molecule has 1 heterocycles. The van der Waals surface area contributed by atoms with E-state index in [0.29, 0.717) is 5.13 Å². The molecular formula is C13H12N2OS. The average Bonchev–Trinajstić information content (AvgIpc) is 2.71. The molecule has 2 rings (SSSR count). The van der Waals surface area contributed by atoms with Gasteiger partial charge in [-0.3, -0.25) is 10.1 Å². The highest BCUT2D eigenvalue weighted by Crippen LogP contribution is 2.32. The van der Waals surface area contributed by atoms with Crippen LogP contribution >= 0.6 is 11.3 Å². The first-order chi connectivity index (χ1) is 8.20. The van der Waals surface area contributed by atoms with E-state index in [1.165, 1.54) is 17.4 Å². The Kier molecular flexibility index (Phi) is 3.35. The maximum atomic E-state index is 11.2. The number of hydrogen-bond donors (Lipinski definition) is 1. The Balaban J connectivity index is 2.31. The van der Waals surface area contributed by atoms with Gasteiger partial charge in [0.15, 0.2) is 5.13 Å². The van der Waals surface area contributed by atoms with Gasteiger partial charge in [0.25, 0.3) is 0 Å². The second-order valence-corrected chi connectivity index (χ2v) is 4.49. The zero-order valence-corrected chi connectivity index (χ0v) is 10.3. The molecule has 0 radical (unpaired) electrons. The molecule has 0 saturated heterocycles. The van der Waals surface area contributed by atoms with E-state index < -0.39 is 0 Å². The lowest BCUT2D eigenvalue weighted by Gasteiger charge is -1.96. The second-order valence-electron chi connectivity index (χ2n) is 3.49. The number of carbonyl (C=O) groups excluding carboxylic acids is 1. The molecular weight excluding hydrogens is 232 g/mol. The molecule has 86 valence electrons. The second kappa shape index (κ2) is 4.93. The number of thiazole rings is 1. The highest BCUT2D eigenvalue weighted by atomic mass is 32.1. The summed E-state index contributed by atoms with van der Waals surface area (Å²) in [6, 6.07) is 9.99. The monoisotopic (exact) mass is 244 g/mol. The fourth-order valence-corrected chi connectivity index (χ4v) is 2.44. The van der Waals surface area contributed by atoms with Crippen molar-refractivity contribution in [1.29, 1.82) is 0 Å². The van der Waals surface area contributed by atoms with E-state index in [2.05, 4.69) is 16.9 Å². The van der Waals surface area contributed by atoms with Gasteiger partial charge >= 0.3 is 0 Å². The van der Waals surface area contributed by atoms with Crippen LogP contribution in [0.4, 0.5) is 5.13 Å². The van der Waals surface area contributed by atoms with Crippen LogP contribution in [-0.4, -0.2) is 10.9 Å². The van der Waals surface area contributed by atoms with E-state index in [1.807, 2.05) is 37.3 Å². The lowest BCUT2D eigenvalue weighted by Crippen LogP contribution is -2.06. The molecule has 4 heteroatoms. The number of amides is 1. The molecule has 1 aromatic carbocycles. The van der Waals surface area contributed by atoms with Crippen LogP contribution in [0.3, 0.4) is 0 Å². The van der Waals surface area contributed by atoms with E-state index in [0.717, 1.165) is 16.1 Å². The van der Waals surface area contributed by atoms with Crippen molar-refractivity contribution in [2.45, 2.75) is 6.92 Å². The Morgan fingerprint density at radius 3 is 2.76 bits per heavy atom. The van der Waals surface area contributed by atoms with Gasteiger partial charge < -0.3 is 0 Å². The zero-order chi connectivity index (χ0) is 12.3. The summed E-state index contributed by atoms with van der Waals surface area (Å²) in [6.07, 6.45) is 1.24. The van der Waals surface area contributed by atoms with Crippen molar-refractivity contribution < 1.29 is 4.79 Å². The van der Waals surface area contributed by atoms with Gasteiger partial charge in [-0.1, -0.05) is 48.2 Å². The molecule has 3 nitrogen and oxygen atoms in total. The quantitative estimate of drug-likeness (QED) is 0.842. The molecule has 1 aromatic heterocycles. The third-order valence-corrected chi connectivity index (χ3v) is 3.37. The van der Waals surface area contributed by atoms with Crippen LogP contribution in [0.15, 0.2) is 43.0 Å². The molecule has 2 aromatic rings. The van der Waals surface area contributed by atoms with Crippen LogP contribution in [0.5, 0.6) is 0 Å². The van der Waals surface area contributed by atoms with Crippen LogP contribution in [0.25, 0.3) is 10.4 Å². The van der Waals surface area contributed by atoms with Crippen LogP contribution in [-0.2, 0) is 4.79 Å². The first-order valence-electron chi connectivity index (χ1n) is 5.17. The van der Waals surface area contributed by atoms with Gasteiger partial charge in [0.2, 0.25) is 5.91 Å². The fourth-order valence-electron chi connectivity index (χ4n) is 1.46. The van der Waals surface area contributed by atoms with Crippen molar-refractivity contribution in [3.05, 3.63) is 48.7 Å². The molecule has 0 bridgehead atoms. The van der Waals surface area contributed by atoms with Gasteiger partial charge in [0.05, 0.1) is 10.6 Å². The highest BCUT2D eigenvalue weighted by molar-refractivity contribution is 7.19. The minimum Gasteiger partial charge on any atom is -0.298 e. The highest BCUT2D eigenvalue weighted by Gasteiger charge is 2.10. The maximum Gasteiger partial charge on any atom is 0.249 e. The smallest absolute Gasteiger partial charge is 0.249 e. The lowest BCUT2D eigenvalue weighted by molar-refractivity contribution is -0.111. The topological polar surface area (TPSA) is 42.0 Å². The van der Waals surface area contributed by atoms with Crippen molar-refractivity contribution >= 4 is 22.4 Å². The molecule has 0 atom stereocenters. The van der Waals surface area contributed by atoms with Crippen molar-refractivity contribution in [2.75, 3.05) is 5.32 Å². The Labute approximate surface area is 104 Å². The van der Waals surface area contributed by atoms with Gasteiger partial charge in [0.1, 0.15) is 0 Å². The summed E-state index contributed by atoms with van der Waals surface area (Å²) in [6.45, 7) is 5.34. The molecule has 0 fully saturated rings. The van der Waals surface area contributed by atoms with Crippen LogP contribution < -0.4 is 5.32 Å². The minimum atomic E-state index is -0.238. The average molecular weight is 244 g/mol. The summed E-state index contributed by atoms with van der Waals surface area (Å²) in [5.41, 5.74) is 2.03. The van der Waals surface area contributed by atoms with Gasteiger partial charge in [-0.15, -0.1) is 0 Å². The maximum absolute atomic E-state index is 11.2. The summed E-state index contributed by atoms with van der Waals surface area (Å²) >= 11 is 1.47. The summed E-state index contributed by atoms with van der Waals surface area (Å²) in [5.74, 6) is -0.238. The summed E-state index contributed by atoms with van der Waals surface area (Å²) in [4.78, 5) is 16.6. The van der Waals surface area contributed by atoms with E-state index in [1.54, 1.807) is 0 Å². The summed E-state index contributed by atoms with van der Waals surface area (Å²) in [7, 11) is 0. The minimum absolute atomic E-state index is 0.238. The molecule has 17 heavy (non-hydrogen) atoms. The Bertz CT molecular complexity index is 546. The number of nitrogens with zero attached hydrogens (tertiary/aromatic N) is 1. The number of hydrogen-bond acceptors (Lipinski definition) is 3. The lowest BCUT2D eigenvalue weighted by atomic mass is 10.2. The van der Waals surface area contributed by atoms with Crippen molar-refractivity contribution in [2.24, 2.45) is 0 Å².